The number of piperidine rings is 1. The minimum Gasteiger partial charge on any atom is -0.365 e. The van der Waals surface area contributed by atoms with E-state index in [9.17, 15) is 4.79 Å². The van der Waals surface area contributed by atoms with Crippen molar-refractivity contribution in [3.63, 3.8) is 0 Å². The number of carbonyl (C=O) groups excluding carboxylic acids is 1. The molecule has 3 heterocycles. The summed E-state index contributed by atoms with van der Waals surface area (Å²) in [5.74, 6) is 0.801. The van der Waals surface area contributed by atoms with Crippen LogP contribution in [0.25, 0.3) is 11.0 Å². The van der Waals surface area contributed by atoms with Gasteiger partial charge in [-0.3, -0.25) is 4.79 Å². The summed E-state index contributed by atoms with van der Waals surface area (Å²) in [6, 6.07) is 2.40. The van der Waals surface area contributed by atoms with Crippen molar-refractivity contribution >= 4 is 22.8 Å². The van der Waals surface area contributed by atoms with Crippen LogP contribution in [0, 0.1) is 0 Å². The van der Waals surface area contributed by atoms with Gasteiger partial charge in [0.15, 0.2) is 0 Å². The molecular formula is C15H19N5O. The van der Waals surface area contributed by atoms with Gasteiger partial charge in [0.1, 0.15) is 17.8 Å². The average Bonchev–Trinajstić information content (AvgIpc) is 2.98. The normalized spacial score (nSPS) is 22.2. The fourth-order valence-electron chi connectivity index (χ4n) is 2.83. The van der Waals surface area contributed by atoms with E-state index in [1.165, 1.54) is 6.08 Å². The molecule has 110 valence electrons. The molecule has 0 spiro atoms. The van der Waals surface area contributed by atoms with Crippen molar-refractivity contribution in [3.05, 3.63) is 31.2 Å². The lowest BCUT2D eigenvalue weighted by Gasteiger charge is -2.38. The molecule has 2 aromatic rings. The maximum Gasteiger partial charge on any atom is 0.246 e. The van der Waals surface area contributed by atoms with Gasteiger partial charge in [-0.15, -0.1) is 0 Å². The van der Waals surface area contributed by atoms with Crippen LogP contribution in [0.4, 0.5) is 5.82 Å². The maximum atomic E-state index is 11.9. The molecule has 1 fully saturated rings. The summed E-state index contributed by atoms with van der Waals surface area (Å²) in [6.45, 7) is 6.32. The van der Waals surface area contributed by atoms with Crippen LogP contribution in [0.1, 0.15) is 19.8 Å². The number of aromatic nitrogens is 3. The van der Waals surface area contributed by atoms with E-state index in [1.807, 2.05) is 17.2 Å². The van der Waals surface area contributed by atoms with Crippen LogP contribution >= 0.6 is 0 Å². The summed E-state index contributed by atoms with van der Waals surface area (Å²) in [5, 5.41) is 4.41. The van der Waals surface area contributed by atoms with Crippen molar-refractivity contribution in [2.75, 3.05) is 11.9 Å². The molecule has 0 aliphatic carbocycles. The number of hydrogen-bond donors (Lipinski definition) is 2. The molecule has 6 nitrogen and oxygen atoms in total. The Balaban J connectivity index is 1.77. The third-order valence-corrected chi connectivity index (χ3v) is 4.03. The number of likely N-dealkylation sites (tertiary alicyclic amines) is 1. The zero-order valence-corrected chi connectivity index (χ0v) is 12.0. The summed E-state index contributed by atoms with van der Waals surface area (Å²) in [7, 11) is 0. The largest absolute Gasteiger partial charge is 0.365 e. The predicted octanol–water partition coefficient (Wildman–Crippen LogP) is 1.94. The van der Waals surface area contributed by atoms with Crippen LogP contribution in [0.15, 0.2) is 31.2 Å². The van der Waals surface area contributed by atoms with E-state index in [-0.39, 0.29) is 18.0 Å². The summed E-state index contributed by atoms with van der Waals surface area (Å²) < 4.78 is 0. The SMILES string of the molecule is C=CC(=O)N1CC(Nc2ncnc3[nH]ccc23)CC[C@@H]1C. The van der Waals surface area contributed by atoms with Gasteiger partial charge in [-0.1, -0.05) is 6.58 Å². The number of rotatable bonds is 3. The molecule has 1 aliphatic rings. The molecule has 6 heteroatoms. The number of hydrogen-bond acceptors (Lipinski definition) is 4. The fourth-order valence-corrected chi connectivity index (χ4v) is 2.83. The first-order chi connectivity index (χ1) is 10.2. The number of carbonyl (C=O) groups is 1. The number of nitrogens with one attached hydrogen (secondary N) is 2. The second-order valence-corrected chi connectivity index (χ2v) is 5.42. The van der Waals surface area contributed by atoms with E-state index < -0.39 is 0 Å². The average molecular weight is 285 g/mol. The smallest absolute Gasteiger partial charge is 0.246 e. The van der Waals surface area contributed by atoms with Crippen LogP contribution in [-0.4, -0.2) is 44.4 Å². The highest BCUT2D eigenvalue weighted by Gasteiger charge is 2.28. The Labute approximate surface area is 123 Å². The number of H-pyrrole nitrogens is 1. The van der Waals surface area contributed by atoms with Crippen LogP contribution < -0.4 is 5.32 Å². The Kier molecular flexibility index (Phi) is 3.60. The Bertz CT molecular complexity index is 665. The Morgan fingerprint density at radius 3 is 3.19 bits per heavy atom. The third kappa shape index (κ3) is 2.61. The summed E-state index contributed by atoms with van der Waals surface area (Å²) in [4.78, 5) is 25.3. The first-order valence-corrected chi connectivity index (χ1v) is 7.16. The van der Waals surface area contributed by atoms with Gasteiger partial charge in [0.05, 0.1) is 5.39 Å². The maximum absolute atomic E-state index is 11.9. The number of amides is 1. The van der Waals surface area contributed by atoms with E-state index >= 15 is 0 Å². The number of nitrogens with zero attached hydrogens (tertiary/aromatic N) is 3. The highest BCUT2D eigenvalue weighted by atomic mass is 16.2. The molecule has 2 atom stereocenters. The van der Waals surface area contributed by atoms with Crippen LogP contribution in [0.3, 0.4) is 0 Å². The topological polar surface area (TPSA) is 73.9 Å². The van der Waals surface area contributed by atoms with E-state index in [1.54, 1.807) is 6.33 Å². The predicted molar refractivity (Wildman–Crippen MR) is 81.9 cm³/mol. The number of fused-ring (bicyclic) bond motifs is 1. The number of anilines is 1. The lowest BCUT2D eigenvalue weighted by Crippen LogP contribution is -2.49. The van der Waals surface area contributed by atoms with Gasteiger partial charge >= 0.3 is 0 Å². The molecule has 0 bridgehead atoms. The van der Waals surface area contributed by atoms with Crippen molar-refractivity contribution < 1.29 is 4.79 Å². The zero-order chi connectivity index (χ0) is 14.8. The van der Waals surface area contributed by atoms with Crippen LogP contribution in [0.2, 0.25) is 0 Å². The minimum atomic E-state index is -0.0107. The fraction of sp³-hybridized carbons (Fsp3) is 0.400. The monoisotopic (exact) mass is 285 g/mol. The quantitative estimate of drug-likeness (QED) is 0.845. The molecule has 2 aromatic heterocycles. The Morgan fingerprint density at radius 1 is 1.52 bits per heavy atom. The lowest BCUT2D eigenvalue weighted by molar-refractivity contribution is -0.129. The van der Waals surface area contributed by atoms with Crippen LogP contribution in [-0.2, 0) is 4.79 Å². The third-order valence-electron chi connectivity index (χ3n) is 4.03. The molecule has 1 aliphatic heterocycles. The summed E-state index contributed by atoms with van der Waals surface area (Å²) in [6.07, 6.45) is 6.75. The lowest BCUT2D eigenvalue weighted by atomic mass is 9.99. The zero-order valence-electron chi connectivity index (χ0n) is 12.0. The van der Waals surface area contributed by atoms with Gasteiger partial charge in [-0.25, -0.2) is 9.97 Å². The molecule has 21 heavy (non-hydrogen) atoms. The molecule has 3 rings (SSSR count). The van der Waals surface area contributed by atoms with Gasteiger partial charge in [-0.05, 0) is 31.9 Å². The molecule has 1 saturated heterocycles. The van der Waals surface area contributed by atoms with Gasteiger partial charge in [0.2, 0.25) is 5.91 Å². The highest BCUT2D eigenvalue weighted by Crippen LogP contribution is 2.23. The van der Waals surface area contributed by atoms with E-state index in [0.29, 0.717) is 6.54 Å². The molecule has 2 N–H and O–H groups in total. The number of aromatic amines is 1. The first-order valence-electron chi connectivity index (χ1n) is 7.16. The molecule has 0 saturated carbocycles. The van der Waals surface area contributed by atoms with Gasteiger partial charge in [0, 0.05) is 24.8 Å². The van der Waals surface area contributed by atoms with Crippen molar-refractivity contribution in [2.24, 2.45) is 0 Å². The van der Waals surface area contributed by atoms with E-state index in [0.717, 1.165) is 29.7 Å². The molecular weight excluding hydrogens is 266 g/mol. The highest BCUT2D eigenvalue weighted by molar-refractivity contribution is 5.88. The first kappa shape index (κ1) is 13.6. The van der Waals surface area contributed by atoms with Crippen molar-refractivity contribution in [2.45, 2.75) is 31.8 Å². The standard InChI is InChI=1S/C15H19N5O/c1-3-13(21)20-8-11(5-4-10(20)2)19-15-12-6-7-16-14(12)17-9-18-15/h3,6-7,9-11H,1,4-5,8H2,2H3,(H2,16,17,18,19)/t10-,11?/m0/s1. The van der Waals surface area contributed by atoms with Gasteiger partial charge in [0.25, 0.3) is 0 Å². The molecule has 1 amide bonds. The summed E-state index contributed by atoms with van der Waals surface area (Å²) >= 11 is 0. The second kappa shape index (κ2) is 5.55. The van der Waals surface area contributed by atoms with Crippen LogP contribution in [0.5, 0.6) is 0 Å². The van der Waals surface area contributed by atoms with E-state index in [2.05, 4.69) is 33.8 Å². The molecule has 0 radical (unpaired) electrons. The van der Waals surface area contributed by atoms with E-state index in [4.69, 9.17) is 0 Å². The Hall–Kier alpha value is -2.37. The Morgan fingerprint density at radius 2 is 2.38 bits per heavy atom. The van der Waals surface area contributed by atoms with Gasteiger partial charge < -0.3 is 15.2 Å². The van der Waals surface area contributed by atoms with Crippen molar-refractivity contribution in [1.29, 1.82) is 0 Å². The van der Waals surface area contributed by atoms with Crippen molar-refractivity contribution in [3.8, 4) is 0 Å². The minimum absolute atomic E-state index is 0.0107. The van der Waals surface area contributed by atoms with Gasteiger partial charge in [-0.2, -0.15) is 0 Å². The van der Waals surface area contributed by atoms with Crippen molar-refractivity contribution in [1.82, 2.24) is 19.9 Å². The second-order valence-electron chi connectivity index (χ2n) is 5.42. The molecule has 1 unspecified atom stereocenters. The molecule has 0 aromatic carbocycles. The summed E-state index contributed by atoms with van der Waals surface area (Å²) in [5.41, 5.74) is 0.815.